The highest BCUT2D eigenvalue weighted by atomic mass is 32.2. The van der Waals surface area contributed by atoms with Gasteiger partial charge in [0.2, 0.25) is 10.1 Å². The fraction of sp³-hybridized carbons (Fsp3) is 0.600. The summed E-state index contributed by atoms with van der Waals surface area (Å²) in [7, 11) is 0. The Balaban J connectivity index is 2.73. The molecule has 1 saturated heterocycles. The van der Waals surface area contributed by atoms with Gasteiger partial charge in [0.15, 0.2) is 0 Å². The number of hydrogen-bond acceptors (Lipinski definition) is 7. The summed E-state index contributed by atoms with van der Waals surface area (Å²) < 4.78 is 0. The first-order chi connectivity index (χ1) is 8.65. The molecule has 0 radical (unpaired) electrons. The van der Waals surface area contributed by atoms with Crippen LogP contribution in [-0.2, 0) is 9.59 Å². The van der Waals surface area contributed by atoms with Gasteiger partial charge in [-0.3, -0.25) is 14.5 Å². The molecular formula is C10H15N3O4S. The molecule has 1 aliphatic heterocycles. The zero-order valence-electron chi connectivity index (χ0n) is 10.00. The second-order valence-electron chi connectivity index (χ2n) is 3.73. The Hall–Kier alpha value is -1.57. The van der Waals surface area contributed by atoms with Gasteiger partial charge in [-0.05, 0) is 18.2 Å². The second-order valence-corrected chi connectivity index (χ2v) is 4.71. The molecule has 0 saturated carbocycles. The van der Waals surface area contributed by atoms with E-state index in [0.717, 1.165) is 24.2 Å². The first-order valence-corrected chi connectivity index (χ1v) is 6.45. The van der Waals surface area contributed by atoms with Gasteiger partial charge in [0.25, 0.3) is 11.8 Å². The van der Waals surface area contributed by atoms with Gasteiger partial charge in [0.1, 0.15) is 0 Å². The number of carbonyl (C=O) groups excluding carboxylic acids is 2. The molecular weight excluding hydrogens is 258 g/mol. The molecule has 7 nitrogen and oxygen atoms in total. The summed E-state index contributed by atoms with van der Waals surface area (Å²) in [5.41, 5.74) is 0. The van der Waals surface area contributed by atoms with Crippen molar-refractivity contribution in [3.8, 4) is 0 Å². The molecule has 0 atom stereocenters. The molecule has 0 aromatic rings. The van der Waals surface area contributed by atoms with Crippen molar-refractivity contribution in [2.45, 2.75) is 32.6 Å². The summed E-state index contributed by atoms with van der Waals surface area (Å²) in [6.45, 7) is 2.29. The van der Waals surface area contributed by atoms with Gasteiger partial charge in [-0.25, -0.2) is 0 Å². The number of amides is 2. The lowest BCUT2D eigenvalue weighted by atomic mass is 10.2. The summed E-state index contributed by atoms with van der Waals surface area (Å²) in [6.07, 6.45) is 3.64. The van der Waals surface area contributed by atoms with Gasteiger partial charge in [0.05, 0.1) is 0 Å². The van der Waals surface area contributed by atoms with Crippen molar-refractivity contribution in [2.24, 2.45) is 10.3 Å². The number of oxime groups is 2. The van der Waals surface area contributed by atoms with Crippen LogP contribution >= 0.6 is 11.8 Å². The lowest BCUT2D eigenvalue weighted by molar-refractivity contribution is -0.136. The number of imide groups is 1. The predicted molar refractivity (Wildman–Crippen MR) is 66.9 cm³/mol. The standard InChI is InChI=1S/C10H15N3O4S/c1-2-3-4-5-6-13-9(14)7(11-16)18-8(12-17)10(13)15/h16-17H,2-6H2,1H3/b11-7-,12-8-. The van der Waals surface area contributed by atoms with E-state index in [1.165, 1.54) is 0 Å². The van der Waals surface area contributed by atoms with Crippen molar-refractivity contribution >= 4 is 33.7 Å². The minimum absolute atomic E-state index is 0.232. The highest BCUT2D eigenvalue weighted by molar-refractivity contribution is 8.29. The van der Waals surface area contributed by atoms with E-state index in [4.69, 9.17) is 10.4 Å². The third-order valence-electron chi connectivity index (χ3n) is 2.47. The first kappa shape index (κ1) is 14.5. The minimum Gasteiger partial charge on any atom is -0.410 e. The number of nitrogens with zero attached hydrogens (tertiary/aromatic N) is 3. The fourth-order valence-electron chi connectivity index (χ4n) is 1.53. The van der Waals surface area contributed by atoms with Crippen LogP contribution in [0.3, 0.4) is 0 Å². The molecule has 1 heterocycles. The van der Waals surface area contributed by atoms with E-state index in [1.807, 2.05) is 0 Å². The number of rotatable bonds is 5. The third-order valence-corrected chi connectivity index (χ3v) is 3.37. The van der Waals surface area contributed by atoms with Crippen LogP contribution in [0.15, 0.2) is 10.3 Å². The molecule has 8 heteroatoms. The highest BCUT2D eigenvalue weighted by Crippen LogP contribution is 2.19. The number of hydrogen-bond donors (Lipinski definition) is 2. The Morgan fingerprint density at radius 1 is 1.06 bits per heavy atom. The van der Waals surface area contributed by atoms with Gasteiger partial charge in [-0.2, -0.15) is 0 Å². The summed E-state index contributed by atoms with van der Waals surface area (Å²) in [5.74, 6) is -1.31. The van der Waals surface area contributed by atoms with Gasteiger partial charge >= 0.3 is 0 Å². The van der Waals surface area contributed by atoms with Gasteiger partial charge < -0.3 is 10.4 Å². The number of unbranched alkanes of at least 4 members (excludes halogenated alkanes) is 3. The Kier molecular flexibility index (Phi) is 5.63. The average Bonchev–Trinajstić information content (AvgIpc) is 2.38. The van der Waals surface area contributed by atoms with Crippen molar-refractivity contribution in [1.29, 1.82) is 0 Å². The summed E-state index contributed by atoms with van der Waals surface area (Å²) in [4.78, 5) is 24.4. The Morgan fingerprint density at radius 2 is 1.61 bits per heavy atom. The van der Waals surface area contributed by atoms with Gasteiger partial charge in [-0.15, -0.1) is 0 Å². The zero-order chi connectivity index (χ0) is 13.5. The Bertz CT molecular complexity index is 365. The highest BCUT2D eigenvalue weighted by Gasteiger charge is 2.37. The second kappa shape index (κ2) is 7.00. The molecule has 0 aromatic heterocycles. The topological polar surface area (TPSA) is 103 Å². The molecule has 0 aliphatic carbocycles. The molecule has 1 rings (SSSR count). The quantitative estimate of drug-likeness (QED) is 0.339. The first-order valence-electron chi connectivity index (χ1n) is 5.63. The van der Waals surface area contributed by atoms with E-state index in [2.05, 4.69) is 17.2 Å². The molecule has 1 aliphatic rings. The van der Waals surface area contributed by atoms with Crippen LogP contribution in [0.5, 0.6) is 0 Å². The van der Waals surface area contributed by atoms with Crippen molar-refractivity contribution < 1.29 is 20.0 Å². The summed E-state index contributed by atoms with van der Waals surface area (Å²) >= 11 is 0.554. The zero-order valence-corrected chi connectivity index (χ0v) is 10.8. The lowest BCUT2D eigenvalue weighted by Crippen LogP contribution is -2.48. The smallest absolute Gasteiger partial charge is 0.289 e. The molecule has 100 valence electrons. The lowest BCUT2D eigenvalue weighted by Gasteiger charge is -2.24. The maximum absolute atomic E-state index is 11.7. The Morgan fingerprint density at radius 3 is 2.06 bits per heavy atom. The van der Waals surface area contributed by atoms with E-state index in [9.17, 15) is 9.59 Å². The van der Waals surface area contributed by atoms with E-state index in [0.29, 0.717) is 18.2 Å². The molecule has 1 fully saturated rings. The van der Waals surface area contributed by atoms with E-state index in [1.54, 1.807) is 0 Å². The molecule has 18 heavy (non-hydrogen) atoms. The normalized spacial score (nSPS) is 21.1. The van der Waals surface area contributed by atoms with Crippen LogP contribution in [0.25, 0.3) is 0 Å². The van der Waals surface area contributed by atoms with E-state index < -0.39 is 11.8 Å². The van der Waals surface area contributed by atoms with Crippen molar-refractivity contribution in [1.82, 2.24) is 4.90 Å². The summed E-state index contributed by atoms with van der Waals surface area (Å²) in [6, 6.07) is 0. The van der Waals surface area contributed by atoms with Crippen LogP contribution in [0, 0.1) is 0 Å². The fourth-order valence-corrected chi connectivity index (χ4v) is 2.19. The summed E-state index contributed by atoms with van der Waals surface area (Å²) in [5, 5.41) is 22.4. The third kappa shape index (κ3) is 3.22. The number of thioether (sulfide) groups is 1. The predicted octanol–water partition coefficient (Wildman–Crippen LogP) is 1.24. The van der Waals surface area contributed by atoms with Crippen LogP contribution in [0.1, 0.15) is 32.6 Å². The van der Waals surface area contributed by atoms with E-state index in [-0.39, 0.29) is 16.6 Å². The van der Waals surface area contributed by atoms with Crippen LogP contribution in [0.4, 0.5) is 0 Å². The van der Waals surface area contributed by atoms with Crippen LogP contribution in [0.2, 0.25) is 0 Å². The largest absolute Gasteiger partial charge is 0.410 e. The monoisotopic (exact) mass is 273 g/mol. The van der Waals surface area contributed by atoms with Crippen LogP contribution in [-0.4, -0.2) is 43.8 Å². The van der Waals surface area contributed by atoms with Gasteiger partial charge in [0, 0.05) is 6.54 Å². The molecule has 0 bridgehead atoms. The van der Waals surface area contributed by atoms with E-state index >= 15 is 0 Å². The molecule has 2 N–H and O–H groups in total. The van der Waals surface area contributed by atoms with Gasteiger partial charge in [-0.1, -0.05) is 36.5 Å². The SMILES string of the molecule is CCCCCCN1C(=O)/C(=N/O)S/C(=N\O)C1=O. The molecule has 0 aromatic carbocycles. The molecule has 2 amide bonds. The molecule has 0 spiro atoms. The minimum atomic E-state index is -0.656. The van der Waals surface area contributed by atoms with Crippen molar-refractivity contribution in [3.05, 3.63) is 0 Å². The number of carbonyl (C=O) groups is 2. The maximum atomic E-state index is 11.7. The van der Waals surface area contributed by atoms with Crippen molar-refractivity contribution in [2.75, 3.05) is 6.54 Å². The van der Waals surface area contributed by atoms with Crippen LogP contribution < -0.4 is 0 Å². The molecule has 0 unspecified atom stereocenters. The van der Waals surface area contributed by atoms with Crippen molar-refractivity contribution in [3.63, 3.8) is 0 Å². The maximum Gasteiger partial charge on any atom is 0.289 e. The average molecular weight is 273 g/mol. The Labute approximate surface area is 109 Å².